The first-order valence-electron chi connectivity index (χ1n) is 14.6. The highest BCUT2D eigenvalue weighted by Crippen LogP contribution is 2.96. The second-order valence-electron chi connectivity index (χ2n) is 12.3. The topological polar surface area (TPSA) is 17.1 Å². The fourth-order valence-electron chi connectivity index (χ4n) is 9.81. The third-order valence-corrected chi connectivity index (χ3v) is 10.9. The van der Waals surface area contributed by atoms with Crippen LogP contribution in [-0.4, -0.2) is 5.78 Å². The van der Waals surface area contributed by atoms with Crippen molar-refractivity contribution in [2.45, 2.75) is 30.6 Å². The van der Waals surface area contributed by atoms with Gasteiger partial charge in [-0.1, -0.05) is 152 Å². The van der Waals surface area contributed by atoms with Crippen LogP contribution in [0.5, 0.6) is 0 Å². The van der Waals surface area contributed by atoms with Crippen LogP contribution in [0.4, 0.5) is 0 Å². The van der Waals surface area contributed by atoms with Crippen LogP contribution in [0.1, 0.15) is 47.6 Å². The predicted molar refractivity (Wildman–Crippen MR) is 166 cm³/mol. The van der Waals surface area contributed by atoms with Crippen LogP contribution in [0, 0.1) is 10.8 Å². The van der Waals surface area contributed by atoms with Crippen molar-refractivity contribution in [1.29, 1.82) is 0 Å². The lowest BCUT2D eigenvalue weighted by atomic mass is 9.59. The zero-order valence-corrected chi connectivity index (χ0v) is 23.4. The molecular formula is C40H32O. The molecule has 5 aromatic carbocycles. The third-order valence-electron chi connectivity index (χ3n) is 10.9. The first-order chi connectivity index (χ1) is 20.1. The molecule has 0 heterocycles. The Morgan fingerprint density at radius 1 is 0.439 bits per heavy atom. The molecule has 2 bridgehead atoms. The molecule has 5 atom stereocenters. The minimum Gasteiger partial charge on any atom is -0.298 e. The summed E-state index contributed by atoms with van der Waals surface area (Å²) in [6.07, 6.45) is 0. The Bertz CT molecular complexity index is 1690. The second kappa shape index (κ2) is 8.27. The predicted octanol–water partition coefficient (Wildman–Crippen LogP) is 8.88. The SMILES string of the molecule is C[C@]12C(=O)[C@](C)(C(c3ccccc3)=C1c1ccccc1)[C@@]1(c3ccccc3)C(c3ccccc3)[C@]21c1ccccc1. The van der Waals surface area contributed by atoms with Crippen LogP contribution in [0.3, 0.4) is 0 Å². The molecule has 198 valence electrons. The Labute approximate surface area is 242 Å². The molecule has 0 aromatic heterocycles. The molecule has 2 fully saturated rings. The van der Waals surface area contributed by atoms with Gasteiger partial charge in [-0.25, -0.2) is 0 Å². The average molecular weight is 529 g/mol. The summed E-state index contributed by atoms with van der Waals surface area (Å²) in [4.78, 5) is 15.5. The number of hydrogen-bond donors (Lipinski definition) is 0. The van der Waals surface area contributed by atoms with Crippen LogP contribution < -0.4 is 0 Å². The Morgan fingerprint density at radius 3 is 1.12 bits per heavy atom. The van der Waals surface area contributed by atoms with E-state index in [0.717, 1.165) is 11.1 Å². The first-order valence-corrected chi connectivity index (χ1v) is 14.6. The van der Waals surface area contributed by atoms with E-state index in [-0.39, 0.29) is 5.92 Å². The fraction of sp³-hybridized carbons (Fsp3) is 0.175. The van der Waals surface area contributed by atoms with Gasteiger partial charge in [-0.2, -0.15) is 0 Å². The summed E-state index contributed by atoms with van der Waals surface area (Å²) in [5.41, 5.74) is 6.01. The molecule has 2 saturated carbocycles. The molecule has 0 radical (unpaired) electrons. The standard InChI is InChI=1S/C40H32O/c1-37-33(28-18-8-3-9-19-28)34(29-20-10-4-11-21-29)38(2,36(37)41)40(32-26-16-7-17-27-32)35(30-22-12-5-13-23-30)39(37,40)31-24-14-6-15-25-31/h3-27,35H,1-2H3/t35?,37-,38+,39-,40-/m1/s1. The van der Waals surface area contributed by atoms with E-state index >= 15 is 4.79 Å². The molecule has 5 aromatic rings. The maximum absolute atomic E-state index is 15.5. The molecule has 0 saturated heterocycles. The Morgan fingerprint density at radius 2 is 0.756 bits per heavy atom. The summed E-state index contributed by atoms with van der Waals surface area (Å²) < 4.78 is 0. The second-order valence-corrected chi connectivity index (χ2v) is 12.3. The van der Waals surface area contributed by atoms with Gasteiger partial charge in [-0.3, -0.25) is 4.79 Å². The van der Waals surface area contributed by atoms with E-state index in [2.05, 4.69) is 166 Å². The van der Waals surface area contributed by atoms with Crippen molar-refractivity contribution in [2.24, 2.45) is 10.8 Å². The number of carbonyl (C=O) groups excluding carboxylic acids is 1. The van der Waals surface area contributed by atoms with Gasteiger partial charge in [0.25, 0.3) is 0 Å². The number of carbonyl (C=O) groups is 1. The number of Topliss-reactive ketones (excluding diaryl/α,β-unsaturated/α-hetero) is 1. The van der Waals surface area contributed by atoms with Gasteiger partial charge in [0.1, 0.15) is 0 Å². The fourth-order valence-corrected chi connectivity index (χ4v) is 9.81. The minimum atomic E-state index is -0.758. The normalized spacial score (nSPS) is 31.3. The molecule has 0 N–H and O–H groups in total. The molecule has 1 nitrogen and oxygen atoms in total. The van der Waals surface area contributed by atoms with Crippen molar-refractivity contribution >= 4 is 16.9 Å². The highest BCUT2D eigenvalue weighted by Gasteiger charge is 2.99. The molecule has 1 unspecified atom stereocenters. The Balaban J connectivity index is 1.59. The zero-order valence-electron chi connectivity index (χ0n) is 23.4. The third kappa shape index (κ3) is 2.57. The molecule has 0 spiro atoms. The van der Waals surface area contributed by atoms with Crippen molar-refractivity contribution in [3.63, 3.8) is 0 Å². The van der Waals surface area contributed by atoms with E-state index in [4.69, 9.17) is 0 Å². The average Bonchev–Trinajstić information content (AvgIpc) is 3.64. The van der Waals surface area contributed by atoms with Crippen LogP contribution in [0.15, 0.2) is 152 Å². The van der Waals surface area contributed by atoms with Gasteiger partial charge in [0.15, 0.2) is 5.78 Å². The van der Waals surface area contributed by atoms with E-state index in [9.17, 15) is 0 Å². The lowest BCUT2D eigenvalue weighted by Gasteiger charge is -2.42. The molecule has 8 rings (SSSR count). The lowest BCUT2D eigenvalue weighted by molar-refractivity contribution is -0.129. The summed E-state index contributed by atoms with van der Waals surface area (Å²) in [5.74, 6) is 0.455. The van der Waals surface area contributed by atoms with Crippen molar-refractivity contribution in [3.05, 3.63) is 179 Å². The van der Waals surface area contributed by atoms with E-state index < -0.39 is 21.7 Å². The van der Waals surface area contributed by atoms with Crippen molar-refractivity contribution in [1.82, 2.24) is 0 Å². The highest BCUT2D eigenvalue weighted by molar-refractivity contribution is 6.27. The smallest absolute Gasteiger partial charge is 0.155 e. The van der Waals surface area contributed by atoms with Crippen molar-refractivity contribution < 1.29 is 4.79 Å². The van der Waals surface area contributed by atoms with Crippen LogP contribution >= 0.6 is 0 Å². The monoisotopic (exact) mass is 528 g/mol. The van der Waals surface area contributed by atoms with Gasteiger partial charge >= 0.3 is 0 Å². The minimum absolute atomic E-state index is 0.119. The molecule has 0 amide bonds. The first kappa shape index (κ1) is 24.3. The molecular weight excluding hydrogens is 496 g/mol. The van der Waals surface area contributed by atoms with Gasteiger partial charge in [0.05, 0.1) is 10.8 Å². The van der Waals surface area contributed by atoms with E-state index in [1.165, 1.54) is 27.8 Å². The number of allylic oxidation sites excluding steroid dienone is 2. The Kier molecular flexibility index (Phi) is 4.91. The molecule has 0 aliphatic heterocycles. The maximum atomic E-state index is 15.5. The van der Waals surface area contributed by atoms with Gasteiger partial charge in [0.2, 0.25) is 0 Å². The van der Waals surface area contributed by atoms with Crippen molar-refractivity contribution in [2.75, 3.05) is 0 Å². The maximum Gasteiger partial charge on any atom is 0.155 e. The summed E-state index contributed by atoms with van der Waals surface area (Å²) >= 11 is 0. The van der Waals surface area contributed by atoms with E-state index in [0.29, 0.717) is 5.78 Å². The van der Waals surface area contributed by atoms with Gasteiger partial charge < -0.3 is 0 Å². The number of benzene rings is 5. The van der Waals surface area contributed by atoms with Gasteiger partial charge in [-0.15, -0.1) is 0 Å². The zero-order chi connectivity index (χ0) is 27.9. The number of rotatable bonds is 5. The van der Waals surface area contributed by atoms with Gasteiger partial charge in [-0.05, 0) is 52.8 Å². The quantitative estimate of drug-likeness (QED) is 0.223. The van der Waals surface area contributed by atoms with Crippen LogP contribution in [-0.2, 0) is 15.6 Å². The lowest BCUT2D eigenvalue weighted by Crippen LogP contribution is -2.39. The largest absolute Gasteiger partial charge is 0.298 e. The Hall–Kier alpha value is -4.49. The summed E-state index contributed by atoms with van der Waals surface area (Å²) in [6.45, 7) is 4.54. The number of fused-ring (bicyclic) bond motifs is 5. The van der Waals surface area contributed by atoms with Crippen molar-refractivity contribution in [3.8, 4) is 0 Å². The molecule has 41 heavy (non-hydrogen) atoms. The van der Waals surface area contributed by atoms with Gasteiger partial charge in [0, 0.05) is 16.7 Å². The van der Waals surface area contributed by atoms with Crippen LogP contribution in [0.2, 0.25) is 0 Å². The van der Waals surface area contributed by atoms with E-state index in [1.807, 2.05) is 0 Å². The molecule has 1 heteroatoms. The highest BCUT2D eigenvalue weighted by atomic mass is 16.1. The molecule has 3 aliphatic carbocycles. The summed E-state index contributed by atoms with van der Waals surface area (Å²) in [5, 5.41) is 0. The van der Waals surface area contributed by atoms with Crippen LogP contribution in [0.25, 0.3) is 11.1 Å². The number of ketones is 1. The number of hydrogen-bond acceptors (Lipinski definition) is 1. The summed E-state index contributed by atoms with van der Waals surface area (Å²) in [6, 6.07) is 54.1. The molecule has 3 aliphatic rings. The summed E-state index contributed by atoms with van der Waals surface area (Å²) in [7, 11) is 0. The van der Waals surface area contributed by atoms with E-state index in [1.54, 1.807) is 0 Å².